The zero-order valence-electron chi connectivity index (χ0n) is 26.1. The molecule has 3 heterocycles. The molecule has 0 aliphatic carbocycles. The summed E-state index contributed by atoms with van der Waals surface area (Å²) in [6.07, 6.45) is 1.95. The van der Waals surface area contributed by atoms with Crippen molar-refractivity contribution in [1.82, 2.24) is 19.9 Å². The molecule has 0 saturated carbocycles. The van der Waals surface area contributed by atoms with E-state index in [1.807, 2.05) is 92.0 Å². The maximum absolute atomic E-state index is 6.59. The summed E-state index contributed by atoms with van der Waals surface area (Å²) in [6.45, 7) is 2.01. The Bertz CT molecular complexity index is 2550. The van der Waals surface area contributed by atoms with E-state index in [1.165, 1.54) is 0 Å². The molecule has 0 saturated heterocycles. The Labute approximate surface area is 277 Å². The van der Waals surface area contributed by atoms with Gasteiger partial charge < -0.3 is 4.42 Å². The van der Waals surface area contributed by atoms with Crippen LogP contribution in [0.15, 0.2) is 156 Å². The third-order valence-electron chi connectivity index (χ3n) is 8.88. The van der Waals surface area contributed by atoms with Crippen LogP contribution >= 0.6 is 0 Å². The molecular weight excluding hydrogens is 589 g/mol. The van der Waals surface area contributed by atoms with E-state index in [4.69, 9.17) is 19.4 Å². The monoisotopic (exact) mass is 616 g/mol. The van der Waals surface area contributed by atoms with Crippen molar-refractivity contribution in [2.45, 2.75) is 6.92 Å². The second-order valence-corrected chi connectivity index (χ2v) is 11.9. The average molecular weight is 617 g/mol. The molecule has 0 bridgehead atoms. The number of nitrogens with zero attached hydrogens (tertiary/aromatic N) is 4. The highest BCUT2D eigenvalue weighted by Crippen LogP contribution is 2.42. The molecule has 0 aliphatic heterocycles. The standard InChI is InChI=1S/C43H28N4O/c1-27-20-21-30(26-44-27)32-22-23-33(35-17-9-8-16-34(32)35)31-24-37-36-18-10-11-19-39(36)48-40(37)38(25-31)43-46-41(28-12-4-2-5-13-28)45-42(47-43)29-14-6-3-7-15-29/h2-26H,1H3. The molecule has 0 N–H and O–H groups in total. The quantitative estimate of drug-likeness (QED) is 0.192. The Hall–Kier alpha value is -6.46. The fourth-order valence-electron chi connectivity index (χ4n) is 6.51. The molecule has 6 aromatic carbocycles. The Morgan fingerprint density at radius 2 is 0.979 bits per heavy atom. The minimum Gasteiger partial charge on any atom is -0.455 e. The zero-order chi connectivity index (χ0) is 32.0. The van der Waals surface area contributed by atoms with Gasteiger partial charge in [-0.05, 0) is 58.7 Å². The Morgan fingerprint density at radius 1 is 0.417 bits per heavy atom. The van der Waals surface area contributed by atoms with Gasteiger partial charge in [-0.15, -0.1) is 0 Å². The van der Waals surface area contributed by atoms with E-state index < -0.39 is 0 Å². The summed E-state index contributed by atoms with van der Waals surface area (Å²) < 4.78 is 6.59. The van der Waals surface area contributed by atoms with Gasteiger partial charge in [-0.2, -0.15) is 0 Å². The third kappa shape index (κ3) is 4.81. The number of benzene rings is 6. The minimum atomic E-state index is 0.556. The summed E-state index contributed by atoms with van der Waals surface area (Å²) in [5, 5.41) is 4.37. The fourth-order valence-corrected chi connectivity index (χ4v) is 6.51. The molecule has 3 aromatic heterocycles. The molecule has 0 radical (unpaired) electrons. The summed E-state index contributed by atoms with van der Waals surface area (Å²) in [5.41, 5.74) is 9.62. The molecule has 5 heteroatoms. The van der Waals surface area contributed by atoms with Crippen LogP contribution in [-0.4, -0.2) is 19.9 Å². The van der Waals surface area contributed by atoms with Crippen molar-refractivity contribution in [1.29, 1.82) is 0 Å². The molecule has 9 aromatic rings. The van der Waals surface area contributed by atoms with Crippen LogP contribution in [0.1, 0.15) is 5.69 Å². The van der Waals surface area contributed by atoms with E-state index in [0.29, 0.717) is 17.5 Å². The highest BCUT2D eigenvalue weighted by atomic mass is 16.3. The van der Waals surface area contributed by atoms with Gasteiger partial charge >= 0.3 is 0 Å². The van der Waals surface area contributed by atoms with Gasteiger partial charge in [0.15, 0.2) is 17.5 Å². The number of para-hydroxylation sites is 1. The molecular formula is C43H28N4O. The molecule has 0 spiro atoms. The Kier molecular flexibility index (Phi) is 6.61. The first-order valence-corrected chi connectivity index (χ1v) is 16.0. The first kappa shape index (κ1) is 27.8. The lowest BCUT2D eigenvalue weighted by Crippen LogP contribution is -2.00. The van der Waals surface area contributed by atoms with E-state index in [9.17, 15) is 0 Å². The number of furan rings is 1. The van der Waals surface area contributed by atoms with Gasteiger partial charge in [0.1, 0.15) is 11.2 Å². The number of pyridine rings is 1. The predicted molar refractivity (Wildman–Crippen MR) is 194 cm³/mol. The maximum Gasteiger partial charge on any atom is 0.167 e. The van der Waals surface area contributed by atoms with Crippen LogP contribution in [0.5, 0.6) is 0 Å². The lowest BCUT2D eigenvalue weighted by Gasteiger charge is -2.14. The summed E-state index contributed by atoms with van der Waals surface area (Å²) in [5.74, 6) is 1.77. The summed E-state index contributed by atoms with van der Waals surface area (Å²) >= 11 is 0. The number of rotatable bonds is 5. The van der Waals surface area contributed by atoms with Crippen LogP contribution < -0.4 is 0 Å². The number of fused-ring (bicyclic) bond motifs is 4. The van der Waals surface area contributed by atoms with Gasteiger partial charge in [-0.3, -0.25) is 4.98 Å². The second-order valence-electron chi connectivity index (χ2n) is 11.9. The normalized spacial score (nSPS) is 11.4. The fraction of sp³-hybridized carbons (Fsp3) is 0.0233. The van der Waals surface area contributed by atoms with Gasteiger partial charge in [-0.1, -0.05) is 121 Å². The molecule has 9 rings (SSSR count). The van der Waals surface area contributed by atoms with Crippen LogP contribution in [0.4, 0.5) is 0 Å². The topological polar surface area (TPSA) is 64.7 Å². The number of hydrogen-bond acceptors (Lipinski definition) is 5. The first-order chi connectivity index (χ1) is 23.7. The van der Waals surface area contributed by atoms with Gasteiger partial charge in [-0.25, -0.2) is 15.0 Å². The molecule has 0 atom stereocenters. The van der Waals surface area contributed by atoms with Gasteiger partial charge in [0, 0.05) is 39.4 Å². The first-order valence-electron chi connectivity index (χ1n) is 16.0. The molecule has 226 valence electrons. The van der Waals surface area contributed by atoms with Crippen molar-refractivity contribution >= 4 is 32.7 Å². The van der Waals surface area contributed by atoms with Crippen molar-refractivity contribution < 1.29 is 4.42 Å². The predicted octanol–water partition coefficient (Wildman–Crippen LogP) is 11.0. The van der Waals surface area contributed by atoms with E-state index in [2.05, 4.69) is 71.7 Å². The van der Waals surface area contributed by atoms with Crippen LogP contribution in [0.3, 0.4) is 0 Å². The zero-order valence-corrected chi connectivity index (χ0v) is 26.1. The lowest BCUT2D eigenvalue weighted by molar-refractivity contribution is 0.669. The van der Waals surface area contributed by atoms with Crippen molar-refractivity contribution in [2.75, 3.05) is 0 Å². The van der Waals surface area contributed by atoms with Crippen molar-refractivity contribution in [3.63, 3.8) is 0 Å². The molecule has 0 aliphatic rings. The maximum atomic E-state index is 6.59. The Morgan fingerprint density at radius 3 is 1.60 bits per heavy atom. The van der Waals surface area contributed by atoms with Crippen molar-refractivity contribution in [3.05, 3.63) is 157 Å². The third-order valence-corrected chi connectivity index (χ3v) is 8.88. The summed E-state index contributed by atoms with van der Waals surface area (Å²) in [7, 11) is 0. The van der Waals surface area contributed by atoms with Gasteiger partial charge in [0.2, 0.25) is 0 Å². The number of hydrogen-bond donors (Lipinski definition) is 0. The lowest BCUT2D eigenvalue weighted by atomic mass is 9.91. The summed E-state index contributed by atoms with van der Waals surface area (Å²) in [6, 6.07) is 49.8. The molecule has 48 heavy (non-hydrogen) atoms. The molecule has 0 fully saturated rings. The number of aromatic nitrogens is 4. The Balaban J connectivity index is 1.32. The van der Waals surface area contributed by atoms with Crippen LogP contribution in [0.25, 0.3) is 89.1 Å². The van der Waals surface area contributed by atoms with Crippen LogP contribution in [0, 0.1) is 6.92 Å². The second kappa shape index (κ2) is 11.4. The molecule has 0 amide bonds. The largest absolute Gasteiger partial charge is 0.455 e. The van der Waals surface area contributed by atoms with Crippen LogP contribution in [0.2, 0.25) is 0 Å². The average Bonchev–Trinajstić information content (AvgIpc) is 3.54. The van der Waals surface area contributed by atoms with E-state index >= 15 is 0 Å². The molecule has 0 unspecified atom stereocenters. The number of aryl methyl sites for hydroxylation is 1. The highest BCUT2D eigenvalue weighted by Gasteiger charge is 2.20. The van der Waals surface area contributed by atoms with Crippen LogP contribution in [-0.2, 0) is 0 Å². The smallest absolute Gasteiger partial charge is 0.167 e. The van der Waals surface area contributed by atoms with Gasteiger partial charge in [0.05, 0.1) is 5.56 Å². The summed E-state index contributed by atoms with van der Waals surface area (Å²) in [4.78, 5) is 19.7. The SMILES string of the molecule is Cc1ccc(-c2ccc(-c3cc(-c4nc(-c5ccccc5)nc(-c5ccccc5)n4)c4oc5ccccc5c4c3)c3ccccc23)cn1. The van der Waals surface area contributed by atoms with E-state index in [0.717, 1.165) is 77.3 Å². The van der Waals surface area contributed by atoms with Crippen molar-refractivity contribution in [2.24, 2.45) is 0 Å². The van der Waals surface area contributed by atoms with E-state index in [1.54, 1.807) is 0 Å². The van der Waals surface area contributed by atoms with E-state index in [-0.39, 0.29) is 0 Å². The van der Waals surface area contributed by atoms with Crippen molar-refractivity contribution in [3.8, 4) is 56.4 Å². The molecule has 5 nitrogen and oxygen atoms in total. The highest BCUT2D eigenvalue weighted by molar-refractivity contribution is 6.13. The minimum absolute atomic E-state index is 0.556. The van der Waals surface area contributed by atoms with Gasteiger partial charge in [0.25, 0.3) is 0 Å².